The summed E-state index contributed by atoms with van der Waals surface area (Å²) < 4.78 is 37.8. The maximum absolute atomic E-state index is 12.8. The van der Waals surface area contributed by atoms with Crippen molar-refractivity contribution in [3.8, 4) is 11.1 Å². The molecule has 0 unspecified atom stereocenters. The number of nitrogens with zero attached hydrogens (tertiary/aromatic N) is 5. The summed E-state index contributed by atoms with van der Waals surface area (Å²) in [7, 11) is 0. The average Bonchev–Trinajstić information content (AvgIpc) is 3.34. The van der Waals surface area contributed by atoms with Crippen LogP contribution in [0.2, 0.25) is 0 Å². The molecule has 4 rings (SSSR count). The molecule has 0 N–H and O–H groups in total. The second kappa shape index (κ2) is 9.76. The lowest BCUT2D eigenvalue weighted by molar-refractivity contribution is -0.135. The number of hydrogen-bond acceptors (Lipinski definition) is 6. The third kappa shape index (κ3) is 4.42. The second-order valence-corrected chi connectivity index (χ2v) is 8.68. The van der Waals surface area contributed by atoms with Crippen LogP contribution < -0.4 is 0 Å². The van der Waals surface area contributed by atoms with Gasteiger partial charge in [0.05, 0.1) is 42.1 Å². The molecule has 182 valence electrons. The number of imidazole rings is 1. The van der Waals surface area contributed by atoms with E-state index >= 15 is 0 Å². The van der Waals surface area contributed by atoms with E-state index in [0.29, 0.717) is 6.54 Å². The highest BCUT2D eigenvalue weighted by atomic mass is 19.3. The molecule has 1 atom stereocenters. The summed E-state index contributed by atoms with van der Waals surface area (Å²) in [6, 6.07) is 3.79. The monoisotopic (exact) mass is 471 g/mol. The van der Waals surface area contributed by atoms with E-state index in [9.17, 15) is 8.78 Å². The van der Waals surface area contributed by atoms with Gasteiger partial charge in [0.2, 0.25) is 0 Å². The van der Waals surface area contributed by atoms with Gasteiger partial charge >= 0.3 is 6.61 Å². The molecular formula is C25H31F2N5O2. The van der Waals surface area contributed by atoms with Gasteiger partial charge < -0.3 is 13.8 Å². The lowest BCUT2D eigenvalue weighted by atomic mass is 9.96. The summed E-state index contributed by atoms with van der Waals surface area (Å²) in [4.78, 5) is 11.8. The van der Waals surface area contributed by atoms with Crippen LogP contribution in [0.3, 0.4) is 0 Å². The number of fused-ring (bicyclic) bond motifs is 3. The zero-order valence-corrected chi connectivity index (χ0v) is 20.5. The van der Waals surface area contributed by atoms with Gasteiger partial charge in [-0.25, -0.2) is 4.98 Å². The van der Waals surface area contributed by atoms with Gasteiger partial charge in [-0.15, -0.1) is 0 Å². The molecular weight excluding hydrogens is 440 g/mol. The van der Waals surface area contributed by atoms with Crippen LogP contribution in [0.5, 0.6) is 0 Å². The molecule has 0 aliphatic carbocycles. The lowest BCUT2D eigenvalue weighted by Crippen LogP contribution is -2.26. The molecule has 34 heavy (non-hydrogen) atoms. The maximum atomic E-state index is 12.8. The zero-order valence-electron chi connectivity index (χ0n) is 20.5. The average molecular weight is 472 g/mol. The fourth-order valence-corrected chi connectivity index (χ4v) is 4.64. The Labute approximate surface area is 197 Å². The first-order valence-corrected chi connectivity index (χ1v) is 11.6. The first-order valence-electron chi connectivity index (χ1n) is 11.6. The zero-order chi connectivity index (χ0) is 24.6. The van der Waals surface area contributed by atoms with Crippen LogP contribution in [0, 0.1) is 20.8 Å². The minimum Gasteiger partial charge on any atom is -0.361 e. The Bertz CT molecular complexity index is 1290. The number of alkyl halides is 2. The van der Waals surface area contributed by atoms with E-state index in [2.05, 4.69) is 30.0 Å². The third-order valence-corrected chi connectivity index (χ3v) is 6.40. The van der Waals surface area contributed by atoms with E-state index in [0.717, 1.165) is 69.0 Å². The van der Waals surface area contributed by atoms with Crippen LogP contribution in [-0.2, 0) is 11.3 Å². The predicted molar refractivity (Wildman–Crippen MR) is 128 cm³/mol. The summed E-state index contributed by atoms with van der Waals surface area (Å²) in [5.41, 5.74) is 6.27. The van der Waals surface area contributed by atoms with Gasteiger partial charge in [-0.05, 0) is 64.0 Å². The summed E-state index contributed by atoms with van der Waals surface area (Å²) in [6.07, 6.45) is 1.76. The summed E-state index contributed by atoms with van der Waals surface area (Å²) >= 11 is 0. The van der Waals surface area contributed by atoms with Gasteiger partial charge in [0.15, 0.2) is 0 Å². The first kappa shape index (κ1) is 24.2. The van der Waals surface area contributed by atoms with Crippen LogP contribution in [0.1, 0.15) is 49.7 Å². The van der Waals surface area contributed by atoms with Crippen LogP contribution in [-0.4, -0.2) is 50.9 Å². The molecule has 0 bridgehead atoms. The molecule has 9 heteroatoms. The third-order valence-electron chi connectivity index (χ3n) is 6.40. The fourth-order valence-electron chi connectivity index (χ4n) is 4.64. The molecule has 0 radical (unpaired) electrons. The van der Waals surface area contributed by atoms with E-state index in [4.69, 9.17) is 19.2 Å². The normalized spacial score (nSPS) is 13.1. The minimum absolute atomic E-state index is 0.117. The quantitative estimate of drug-likeness (QED) is 0.307. The Morgan fingerprint density at radius 2 is 1.85 bits per heavy atom. The molecule has 7 nitrogen and oxygen atoms in total. The highest BCUT2D eigenvalue weighted by Gasteiger charge is 2.22. The van der Waals surface area contributed by atoms with E-state index in [1.165, 1.54) is 0 Å². The van der Waals surface area contributed by atoms with Gasteiger partial charge in [-0.3, -0.25) is 9.88 Å². The SMILES string of the molecule is CCN(CC)Cc1nc2cnc3cc(-c4c(C)noc4C)c(C)cc3c2n1[C@H](C)COC(F)F. The van der Waals surface area contributed by atoms with Crippen molar-refractivity contribution in [3.05, 3.63) is 41.2 Å². The second-order valence-electron chi connectivity index (χ2n) is 8.68. The molecule has 0 amide bonds. The molecule has 1 aromatic carbocycles. The summed E-state index contributed by atoms with van der Waals surface area (Å²) in [5.74, 6) is 1.57. The van der Waals surface area contributed by atoms with Crippen molar-refractivity contribution in [2.75, 3.05) is 19.7 Å². The van der Waals surface area contributed by atoms with Gasteiger partial charge in [0.25, 0.3) is 0 Å². The Morgan fingerprint density at radius 1 is 1.12 bits per heavy atom. The molecule has 0 saturated heterocycles. The number of rotatable bonds is 9. The molecule has 0 aliphatic heterocycles. The number of halogens is 2. The van der Waals surface area contributed by atoms with Gasteiger partial charge in [0.1, 0.15) is 17.1 Å². The van der Waals surface area contributed by atoms with Gasteiger partial charge in [-0.1, -0.05) is 19.0 Å². The number of pyridine rings is 1. The van der Waals surface area contributed by atoms with Crippen LogP contribution in [0.15, 0.2) is 22.9 Å². The fraction of sp³-hybridized carbons (Fsp3) is 0.480. The maximum Gasteiger partial charge on any atom is 0.345 e. The Kier molecular flexibility index (Phi) is 6.95. The molecule has 0 saturated carbocycles. The lowest BCUT2D eigenvalue weighted by Gasteiger charge is -2.22. The molecule has 0 spiro atoms. The standard InChI is InChI=1S/C25H31F2N5O2/c1-7-31(8-2)12-22-29-21-11-28-20-10-18(23-16(5)30-34-17(23)6)14(3)9-19(20)24(21)32(22)15(4)13-33-25(26)27/h9-11,15,25H,7-8,12-13H2,1-6H3/t15-/m1/s1. The Balaban J connectivity index is 1.94. The number of ether oxygens (including phenoxy) is 1. The molecule has 3 heterocycles. The molecule has 3 aromatic heterocycles. The van der Waals surface area contributed by atoms with Crippen molar-refractivity contribution in [1.29, 1.82) is 0 Å². The summed E-state index contributed by atoms with van der Waals surface area (Å²) in [5, 5.41) is 5.02. The van der Waals surface area contributed by atoms with Crippen molar-refractivity contribution in [2.24, 2.45) is 0 Å². The van der Waals surface area contributed by atoms with Crippen LogP contribution in [0.4, 0.5) is 8.78 Å². The topological polar surface area (TPSA) is 69.2 Å². The number of benzene rings is 1. The number of aryl methyl sites for hydroxylation is 3. The van der Waals surface area contributed by atoms with Crippen molar-refractivity contribution in [1.82, 2.24) is 24.6 Å². The highest BCUT2D eigenvalue weighted by Crippen LogP contribution is 2.35. The number of hydrogen-bond donors (Lipinski definition) is 0. The van der Waals surface area contributed by atoms with E-state index < -0.39 is 6.61 Å². The Hall–Kier alpha value is -2.91. The van der Waals surface area contributed by atoms with Gasteiger partial charge in [-0.2, -0.15) is 8.78 Å². The summed E-state index contributed by atoms with van der Waals surface area (Å²) in [6.45, 7) is 11.3. The van der Waals surface area contributed by atoms with Crippen molar-refractivity contribution < 1.29 is 18.0 Å². The van der Waals surface area contributed by atoms with Crippen molar-refractivity contribution >= 4 is 21.9 Å². The van der Waals surface area contributed by atoms with E-state index in [-0.39, 0.29) is 12.6 Å². The Morgan fingerprint density at radius 3 is 2.47 bits per heavy atom. The first-order chi connectivity index (χ1) is 16.2. The minimum atomic E-state index is -2.82. The van der Waals surface area contributed by atoms with Gasteiger partial charge in [0, 0.05) is 10.9 Å². The largest absolute Gasteiger partial charge is 0.361 e. The van der Waals surface area contributed by atoms with Crippen LogP contribution in [0.25, 0.3) is 33.1 Å². The molecule has 4 aromatic rings. The number of aromatic nitrogens is 4. The molecule has 0 aliphatic rings. The van der Waals surface area contributed by atoms with Crippen molar-refractivity contribution in [2.45, 2.75) is 60.7 Å². The predicted octanol–water partition coefficient (Wildman–Crippen LogP) is 5.81. The van der Waals surface area contributed by atoms with Crippen LogP contribution >= 0.6 is 0 Å². The molecule has 0 fully saturated rings. The highest BCUT2D eigenvalue weighted by molar-refractivity contribution is 6.04. The smallest absolute Gasteiger partial charge is 0.345 e. The van der Waals surface area contributed by atoms with E-state index in [1.807, 2.05) is 38.3 Å². The van der Waals surface area contributed by atoms with E-state index in [1.54, 1.807) is 6.20 Å². The van der Waals surface area contributed by atoms with Crippen molar-refractivity contribution in [3.63, 3.8) is 0 Å².